The molecule has 0 amide bonds. The lowest BCUT2D eigenvalue weighted by Gasteiger charge is -2.04. The van der Waals surface area contributed by atoms with Crippen LogP contribution in [0.25, 0.3) is 11.1 Å². The van der Waals surface area contributed by atoms with E-state index in [9.17, 15) is 8.78 Å². The van der Waals surface area contributed by atoms with E-state index in [1.54, 1.807) is 0 Å². The highest BCUT2D eigenvalue weighted by Crippen LogP contribution is 2.26. The molecule has 0 atom stereocenters. The summed E-state index contributed by atoms with van der Waals surface area (Å²) in [5, 5.41) is 0. The summed E-state index contributed by atoms with van der Waals surface area (Å²) in [6.07, 6.45) is 1.46. The molecule has 4 heteroatoms. The lowest BCUT2D eigenvalue weighted by atomic mass is 10.1. The van der Waals surface area contributed by atoms with Crippen LogP contribution in [0, 0.1) is 17.7 Å². The van der Waals surface area contributed by atoms with Gasteiger partial charge in [0.15, 0.2) is 0 Å². The fourth-order valence-electron chi connectivity index (χ4n) is 1.26. The van der Waals surface area contributed by atoms with Crippen molar-refractivity contribution in [3.63, 3.8) is 0 Å². The van der Waals surface area contributed by atoms with Gasteiger partial charge in [0.1, 0.15) is 16.2 Å². The highest BCUT2D eigenvalue weighted by molar-refractivity contribution is 9.10. The second kappa shape index (κ2) is 4.06. The molecular weight excluding hydrogens is 264 g/mol. The van der Waals surface area contributed by atoms with Crippen LogP contribution < -0.4 is 0 Å². The molecule has 2 aromatic rings. The smallest absolute Gasteiger partial charge is 0.133 e. The largest absolute Gasteiger partial charge is 0.249 e. The average molecular weight is 269 g/mol. The van der Waals surface area contributed by atoms with Crippen LogP contribution in [0.2, 0.25) is 0 Å². The number of pyridine rings is 1. The van der Waals surface area contributed by atoms with Gasteiger partial charge >= 0.3 is 0 Å². The van der Waals surface area contributed by atoms with Crippen molar-refractivity contribution in [3.05, 3.63) is 52.8 Å². The third-order valence-corrected chi connectivity index (χ3v) is 2.30. The van der Waals surface area contributed by atoms with E-state index in [2.05, 4.69) is 27.0 Å². The molecule has 0 bridgehead atoms. The summed E-state index contributed by atoms with van der Waals surface area (Å²) in [4.78, 5) is 3.84. The lowest BCUT2D eigenvalue weighted by molar-refractivity contribution is 0.589. The molecule has 1 nitrogen and oxygen atoms in total. The molecule has 1 aromatic heterocycles. The van der Waals surface area contributed by atoms with Crippen molar-refractivity contribution in [2.75, 3.05) is 0 Å². The summed E-state index contributed by atoms with van der Waals surface area (Å²) < 4.78 is 27.2. The quantitative estimate of drug-likeness (QED) is 0.721. The number of halogens is 3. The number of hydrogen-bond acceptors (Lipinski definition) is 1. The minimum absolute atomic E-state index is 0.0828. The van der Waals surface area contributed by atoms with E-state index in [-0.39, 0.29) is 5.56 Å². The summed E-state index contributed by atoms with van der Waals surface area (Å²) in [6, 6.07) is 7.98. The van der Waals surface area contributed by atoms with Crippen LogP contribution in [0.4, 0.5) is 8.78 Å². The number of benzene rings is 1. The number of hydrogen-bond donors (Lipinski definition) is 0. The van der Waals surface area contributed by atoms with E-state index < -0.39 is 11.6 Å². The van der Waals surface area contributed by atoms with Crippen molar-refractivity contribution < 1.29 is 8.78 Å². The van der Waals surface area contributed by atoms with Crippen LogP contribution in [0.5, 0.6) is 0 Å². The van der Waals surface area contributed by atoms with E-state index in [4.69, 9.17) is 0 Å². The van der Waals surface area contributed by atoms with Crippen molar-refractivity contribution >= 4 is 15.9 Å². The van der Waals surface area contributed by atoms with Gasteiger partial charge in [-0.05, 0) is 39.7 Å². The van der Waals surface area contributed by atoms with Gasteiger partial charge in [-0.2, -0.15) is 0 Å². The van der Waals surface area contributed by atoms with Crippen LogP contribution in [0.1, 0.15) is 0 Å². The van der Waals surface area contributed by atoms with Gasteiger partial charge in [-0.15, -0.1) is 0 Å². The zero-order valence-electron chi connectivity index (χ0n) is 7.47. The van der Waals surface area contributed by atoms with Crippen LogP contribution in [0.15, 0.2) is 35.1 Å². The van der Waals surface area contributed by atoms with Crippen molar-refractivity contribution in [1.82, 2.24) is 4.98 Å². The molecule has 0 aliphatic rings. The molecular formula is C11H5BrF2N. The minimum Gasteiger partial charge on any atom is -0.249 e. The molecule has 15 heavy (non-hydrogen) atoms. The standard InChI is InChI=1S/C11H5BrF2N/c12-10-6-7(4-5-15-10)11-8(13)2-1-3-9(11)14/h1-5H. The SMILES string of the molecule is Fc1cccc(F)c1-c1[c]c(Br)ncc1. The summed E-state index contributed by atoms with van der Waals surface area (Å²) in [6.45, 7) is 0. The Hall–Kier alpha value is -1.29. The molecule has 0 unspecified atom stereocenters. The fourth-order valence-corrected chi connectivity index (χ4v) is 1.60. The van der Waals surface area contributed by atoms with Gasteiger partial charge in [0.05, 0.1) is 5.56 Å². The Bertz CT molecular complexity index is 479. The maximum atomic E-state index is 13.4. The third kappa shape index (κ3) is 2.04. The van der Waals surface area contributed by atoms with E-state index in [0.717, 1.165) is 0 Å². The zero-order chi connectivity index (χ0) is 10.8. The molecule has 75 valence electrons. The highest BCUT2D eigenvalue weighted by Gasteiger charge is 2.11. The first-order chi connectivity index (χ1) is 7.18. The van der Waals surface area contributed by atoms with Gasteiger partial charge < -0.3 is 0 Å². The van der Waals surface area contributed by atoms with Gasteiger partial charge in [0, 0.05) is 12.3 Å². The second-order valence-corrected chi connectivity index (χ2v) is 3.62. The fraction of sp³-hybridized carbons (Fsp3) is 0. The van der Waals surface area contributed by atoms with Gasteiger partial charge in [-0.25, -0.2) is 13.8 Å². The first-order valence-corrected chi connectivity index (χ1v) is 4.96. The molecule has 1 radical (unpaired) electrons. The Labute approximate surface area is 93.9 Å². The molecule has 0 fully saturated rings. The van der Waals surface area contributed by atoms with Crippen LogP contribution >= 0.6 is 15.9 Å². The highest BCUT2D eigenvalue weighted by atomic mass is 79.9. The monoisotopic (exact) mass is 268 g/mol. The first-order valence-electron chi connectivity index (χ1n) is 4.16. The Morgan fingerprint density at radius 3 is 2.40 bits per heavy atom. The van der Waals surface area contributed by atoms with E-state index in [0.29, 0.717) is 10.2 Å². The maximum Gasteiger partial charge on any atom is 0.133 e. The number of nitrogens with zero attached hydrogens (tertiary/aromatic N) is 1. The van der Waals surface area contributed by atoms with Crippen LogP contribution in [0.3, 0.4) is 0 Å². The van der Waals surface area contributed by atoms with Gasteiger partial charge in [0.25, 0.3) is 0 Å². The number of rotatable bonds is 1. The van der Waals surface area contributed by atoms with Crippen molar-refractivity contribution in [1.29, 1.82) is 0 Å². The maximum absolute atomic E-state index is 13.4. The zero-order valence-corrected chi connectivity index (χ0v) is 9.05. The van der Waals surface area contributed by atoms with Crippen molar-refractivity contribution in [3.8, 4) is 11.1 Å². The molecule has 0 N–H and O–H groups in total. The van der Waals surface area contributed by atoms with Gasteiger partial charge in [0.2, 0.25) is 0 Å². The van der Waals surface area contributed by atoms with Gasteiger partial charge in [-0.3, -0.25) is 0 Å². The summed E-state index contributed by atoms with van der Waals surface area (Å²) in [7, 11) is 0. The third-order valence-electron chi connectivity index (χ3n) is 1.90. The lowest BCUT2D eigenvalue weighted by Crippen LogP contribution is -1.90. The van der Waals surface area contributed by atoms with E-state index >= 15 is 0 Å². The topological polar surface area (TPSA) is 12.9 Å². The Morgan fingerprint density at radius 1 is 1.13 bits per heavy atom. The number of aromatic nitrogens is 1. The predicted molar refractivity (Wildman–Crippen MR) is 56.1 cm³/mol. The summed E-state index contributed by atoms with van der Waals surface area (Å²) in [5.74, 6) is -1.21. The predicted octanol–water partition coefficient (Wildman–Crippen LogP) is 3.59. The Kier molecular flexibility index (Phi) is 2.77. The van der Waals surface area contributed by atoms with Gasteiger partial charge in [-0.1, -0.05) is 6.07 Å². The molecule has 0 saturated heterocycles. The van der Waals surface area contributed by atoms with Crippen molar-refractivity contribution in [2.45, 2.75) is 0 Å². The van der Waals surface area contributed by atoms with E-state index in [1.807, 2.05) is 0 Å². The summed E-state index contributed by atoms with van der Waals surface area (Å²) in [5.41, 5.74) is 0.257. The van der Waals surface area contributed by atoms with Crippen LogP contribution in [-0.4, -0.2) is 4.98 Å². The molecule has 0 aliphatic carbocycles. The normalized spacial score (nSPS) is 10.3. The van der Waals surface area contributed by atoms with Crippen LogP contribution in [-0.2, 0) is 0 Å². The molecule has 0 saturated carbocycles. The van der Waals surface area contributed by atoms with E-state index in [1.165, 1.54) is 30.5 Å². The van der Waals surface area contributed by atoms with Crippen molar-refractivity contribution in [2.24, 2.45) is 0 Å². The Morgan fingerprint density at radius 2 is 1.80 bits per heavy atom. The molecule has 2 rings (SSSR count). The average Bonchev–Trinajstić information content (AvgIpc) is 2.17. The minimum atomic E-state index is -0.607. The Balaban J connectivity index is 2.63. The first kappa shape index (κ1) is 10.2. The molecule has 1 heterocycles. The summed E-state index contributed by atoms with van der Waals surface area (Å²) >= 11 is 3.10. The molecule has 1 aromatic carbocycles. The second-order valence-electron chi connectivity index (χ2n) is 2.87. The molecule has 0 aliphatic heterocycles. The molecule has 0 spiro atoms.